The third kappa shape index (κ3) is 7.71. The Kier molecular flexibility index (Phi) is 7.26. The molecule has 0 spiro atoms. The molecule has 0 radical (unpaired) electrons. The van der Waals surface area contributed by atoms with E-state index in [1.165, 1.54) is 12.3 Å². The molecule has 1 heterocycles. The van der Waals surface area contributed by atoms with Gasteiger partial charge >= 0.3 is 18.2 Å². The third-order valence-corrected chi connectivity index (χ3v) is 4.29. The molecule has 1 aliphatic rings. The van der Waals surface area contributed by atoms with E-state index >= 15 is 0 Å². The van der Waals surface area contributed by atoms with Gasteiger partial charge < -0.3 is 20.5 Å². The molecule has 10 heteroatoms. The maximum atomic E-state index is 12.1. The van der Waals surface area contributed by atoms with E-state index in [4.69, 9.17) is 5.11 Å². The smallest absolute Gasteiger partial charge is 0.422 e. The lowest BCUT2D eigenvalue weighted by molar-refractivity contribution is -0.154. The van der Waals surface area contributed by atoms with Gasteiger partial charge in [-0.05, 0) is 37.7 Å². The molecule has 2 amide bonds. The van der Waals surface area contributed by atoms with Gasteiger partial charge in [-0.1, -0.05) is 6.07 Å². The van der Waals surface area contributed by atoms with Gasteiger partial charge in [0.2, 0.25) is 5.88 Å². The van der Waals surface area contributed by atoms with Crippen molar-refractivity contribution in [3.05, 3.63) is 23.9 Å². The standard InChI is InChI=1S/C17H22F3N3O4/c18-17(19,20)10-27-14-6-1-11(9-22-14)7-8-21-16(26)23-13-4-2-12(3-5-13)15(24)25/h1,6,9,12-13H,2-5,7-8,10H2,(H,24,25)(H2,21,23,26). The highest BCUT2D eigenvalue weighted by Crippen LogP contribution is 2.24. The van der Waals surface area contributed by atoms with Crippen molar-refractivity contribution in [1.82, 2.24) is 15.6 Å². The molecule has 2 rings (SSSR count). The number of nitrogens with zero attached hydrogens (tertiary/aromatic N) is 1. The fourth-order valence-electron chi connectivity index (χ4n) is 2.84. The normalized spacial score (nSPS) is 20.0. The zero-order valence-electron chi connectivity index (χ0n) is 14.6. The first-order valence-corrected chi connectivity index (χ1v) is 8.64. The number of halogens is 3. The molecule has 0 aliphatic heterocycles. The molecule has 1 aromatic heterocycles. The molecule has 3 N–H and O–H groups in total. The van der Waals surface area contributed by atoms with Crippen LogP contribution in [0.15, 0.2) is 18.3 Å². The highest BCUT2D eigenvalue weighted by molar-refractivity contribution is 5.74. The Labute approximate surface area is 154 Å². The van der Waals surface area contributed by atoms with Crippen LogP contribution in [0.25, 0.3) is 0 Å². The van der Waals surface area contributed by atoms with Crippen molar-refractivity contribution >= 4 is 12.0 Å². The largest absolute Gasteiger partial charge is 0.481 e. The summed E-state index contributed by atoms with van der Waals surface area (Å²) in [7, 11) is 0. The summed E-state index contributed by atoms with van der Waals surface area (Å²) in [6, 6.07) is 2.58. The second-order valence-electron chi connectivity index (χ2n) is 6.45. The maximum absolute atomic E-state index is 12.1. The molecule has 27 heavy (non-hydrogen) atoms. The number of rotatable bonds is 7. The molecule has 1 aliphatic carbocycles. The average molecular weight is 389 g/mol. The topological polar surface area (TPSA) is 101 Å². The number of urea groups is 1. The fraction of sp³-hybridized carbons (Fsp3) is 0.588. The van der Waals surface area contributed by atoms with Gasteiger partial charge in [-0.3, -0.25) is 4.79 Å². The third-order valence-electron chi connectivity index (χ3n) is 4.29. The molecule has 0 unspecified atom stereocenters. The molecule has 0 aromatic carbocycles. The minimum atomic E-state index is -4.41. The number of pyridine rings is 1. The van der Waals surface area contributed by atoms with Crippen molar-refractivity contribution in [2.45, 2.75) is 44.3 Å². The number of carboxylic acid groups (broad SMARTS) is 1. The number of carbonyl (C=O) groups excluding carboxylic acids is 1. The molecule has 0 bridgehead atoms. The number of nitrogens with one attached hydrogen (secondary N) is 2. The quantitative estimate of drug-likeness (QED) is 0.665. The summed E-state index contributed by atoms with van der Waals surface area (Å²) in [5, 5.41) is 14.5. The molecule has 1 saturated carbocycles. The van der Waals surface area contributed by atoms with Gasteiger partial charge in [0.05, 0.1) is 5.92 Å². The van der Waals surface area contributed by atoms with Crippen LogP contribution in [0, 0.1) is 5.92 Å². The number of carbonyl (C=O) groups is 2. The second-order valence-corrected chi connectivity index (χ2v) is 6.45. The molecular formula is C17H22F3N3O4. The predicted molar refractivity (Wildman–Crippen MR) is 89.4 cm³/mol. The summed E-state index contributed by atoms with van der Waals surface area (Å²) in [6.45, 7) is -1.06. The molecule has 1 aromatic rings. The van der Waals surface area contributed by atoms with Crippen LogP contribution >= 0.6 is 0 Å². The fourth-order valence-corrected chi connectivity index (χ4v) is 2.84. The number of alkyl halides is 3. The number of ether oxygens (including phenoxy) is 1. The Morgan fingerprint density at radius 2 is 1.93 bits per heavy atom. The first-order valence-electron chi connectivity index (χ1n) is 8.64. The summed E-state index contributed by atoms with van der Waals surface area (Å²) in [4.78, 5) is 26.6. The minimum Gasteiger partial charge on any atom is -0.481 e. The number of hydrogen-bond donors (Lipinski definition) is 3. The summed E-state index contributed by atoms with van der Waals surface area (Å²) >= 11 is 0. The Bertz CT molecular complexity index is 629. The highest BCUT2D eigenvalue weighted by Gasteiger charge is 2.28. The van der Waals surface area contributed by atoms with E-state index in [2.05, 4.69) is 20.4 Å². The van der Waals surface area contributed by atoms with Crippen molar-refractivity contribution in [3.63, 3.8) is 0 Å². The van der Waals surface area contributed by atoms with Crippen molar-refractivity contribution in [2.24, 2.45) is 5.92 Å². The van der Waals surface area contributed by atoms with Gasteiger partial charge in [0.15, 0.2) is 6.61 Å². The van der Waals surface area contributed by atoms with Crippen LogP contribution in [0.5, 0.6) is 5.88 Å². The van der Waals surface area contributed by atoms with Crippen molar-refractivity contribution in [2.75, 3.05) is 13.2 Å². The van der Waals surface area contributed by atoms with Gasteiger partial charge in [0, 0.05) is 24.8 Å². The summed E-state index contributed by atoms with van der Waals surface area (Å²) in [5.74, 6) is -1.23. The van der Waals surface area contributed by atoms with Gasteiger partial charge in [-0.25, -0.2) is 9.78 Å². The van der Waals surface area contributed by atoms with Crippen LogP contribution in [-0.4, -0.2) is 47.5 Å². The van der Waals surface area contributed by atoms with Crippen molar-refractivity contribution < 1.29 is 32.6 Å². The minimum absolute atomic E-state index is 0.0349. The van der Waals surface area contributed by atoms with E-state index in [0.29, 0.717) is 38.6 Å². The van der Waals surface area contributed by atoms with Gasteiger partial charge in [0.25, 0.3) is 0 Å². The summed E-state index contributed by atoms with van der Waals surface area (Å²) in [6.07, 6.45) is -0.181. The Hall–Kier alpha value is -2.52. The SMILES string of the molecule is O=C(NCCc1ccc(OCC(F)(F)F)nc1)NC1CCC(C(=O)O)CC1. The monoisotopic (exact) mass is 389 g/mol. The molecule has 7 nitrogen and oxygen atoms in total. The van der Waals surface area contributed by atoms with Crippen molar-refractivity contribution in [1.29, 1.82) is 0 Å². The van der Waals surface area contributed by atoms with E-state index < -0.39 is 18.8 Å². The van der Waals surface area contributed by atoms with E-state index in [-0.39, 0.29) is 23.9 Å². The lowest BCUT2D eigenvalue weighted by Gasteiger charge is -2.26. The lowest BCUT2D eigenvalue weighted by Crippen LogP contribution is -2.44. The molecule has 0 saturated heterocycles. The molecule has 150 valence electrons. The van der Waals surface area contributed by atoms with Crippen LogP contribution in [0.2, 0.25) is 0 Å². The number of aliphatic carboxylic acids is 1. The van der Waals surface area contributed by atoms with Gasteiger partial charge in [-0.2, -0.15) is 13.2 Å². The Morgan fingerprint density at radius 1 is 1.22 bits per heavy atom. The lowest BCUT2D eigenvalue weighted by atomic mass is 9.86. The zero-order chi connectivity index (χ0) is 19.9. The number of hydrogen-bond acceptors (Lipinski definition) is 4. The zero-order valence-corrected chi connectivity index (χ0v) is 14.6. The van der Waals surface area contributed by atoms with Crippen LogP contribution in [-0.2, 0) is 11.2 Å². The van der Waals surface area contributed by atoms with Crippen LogP contribution in [0.4, 0.5) is 18.0 Å². The number of amides is 2. The summed E-state index contributed by atoms with van der Waals surface area (Å²) < 4.78 is 40.7. The van der Waals surface area contributed by atoms with E-state index in [1.807, 2.05) is 0 Å². The molecule has 1 fully saturated rings. The van der Waals surface area contributed by atoms with E-state index in [1.54, 1.807) is 6.07 Å². The number of carboxylic acids is 1. The van der Waals surface area contributed by atoms with Crippen LogP contribution in [0.1, 0.15) is 31.2 Å². The van der Waals surface area contributed by atoms with E-state index in [0.717, 1.165) is 5.56 Å². The maximum Gasteiger partial charge on any atom is 0.422 e. The molecule has 0 atom stereocenters. The van der Waals surface area contributed by atoms with Crippen LogP contribution < -0.4 is 15.4 Å². The molecular weight excluding hydrogens is 367 g/mol. The Morgan fingerprint density at radius 3 is 2.48 bits per heavy atom. The van der Waals surface area contributed by atoms with E-state index in [9.17, 15) is 22.8 Å². The van der Waals surface area contributed by atoms with Crippen molar-refractivity contribution in [3.8, 4) is 5.88 Å². The van der Waals surface area contributed by atoms with Crippen LogP contribution in [0.3, 0.4) is 0 Å². The summed E-state index contributed by atoms with van der Waals surface area (Å²) in [5.41, 5.74) is 0.747. The predicted octanol–water partition coefficient (Wildman–Crippen LogP) is 2.51. The first-order chi connectivity index (χ1) is 12.7. The highest BCUT2D eigenvalue weighted by atomic mass is 19.4. The number of aromatic nitrogens is 1. The van der Waals surface area contributed by atoms with Gasteiger partial charge in [-0.15, -0.1) is 0 Å². The average Bonchev–Trinajstić information content (AvgIpc) is 2.61. The Balaban J connectivity index is 1.64. The second kappa shape index (κ2) is 9.43. The first kappa shape index (κ1) is 20.8. The van der Waals surface area contributed by atoms with Gasteiger partial charge in [0.1, 0.15) is 0 Å².